The maximum absolute atomic E-state index is 13.2. The quantitative estimate of drug-likeness (QED) is 0.0255. The van der Waals surface area contributed by atoms with Gasteiger partial charge in [-0.05, 0) is 19.3 Å². The van der Waals surface area contributed by atoms with E-state index in [4.69, 9.17) is 0 Å². The Morgan fingerprint density at radius 1 is 0.400 bits per heavy atom. The van der Waals surface area contributed by atoms with Gasteiger partial charge in [0, 0.05) is 26.7 Å². The maximum atomic E-state index is 13.2. The highest BCUT2D eigenvalue weighted by atomic mass is 35.5. The van der Waals surface area contributed by atoms with Crippen LogP contribution in [0.15, 0.2) is 0 Å². The van der Waals surface area contributed by atoms with Gasteiger partial charge in [0.05, 0.1) is 0 Å². The molecule has 0 saturated heterocycles. The number of halogens is 1. The minimum Gasteiger partial charge on any atom is -1.00 e. The van der Waals surface area contributed by atoms with Crippen molar-refractivity contribution in [1.29, 1.82) is 0 Å². The van der Waals surface area contributed by atoms with Crippen molar-refractivity contribution < 1.29 is 42.1 Å². The van der Waals surface area contributed by atoms with Gasteiger partial charge in [-0.2, -0.15) is 0 Å². The van der Waals surface area contributed by atoms with Crippen molar-refractivity contribution in [2.24, 2.45) is 0 Å². The van der Waals surface area contributed by atoms with Crippen molar-refractivity contribution in [3.05, 3.63) is 0 Å². The molecule has 0 rings (SSSR count). The Hall–Kier alpha value is -0.530. The van der Waals surface area contributed by atoms with Crippen LogP contribution in [0.5, 0.6) is 0 Å². The Morgan fingerprint density at radius 2 is 0.600 bits per heavy atom. The van der Waals surface area contributed by atoms with Gasteiger partial charge in [-0.15, -0.1) is 4.65 Å². The summed E-state index contributed by atoms with van der Waals surface area (Å²) in [5, 5.41) is 34.4. The fourth-order valence-corrected chi connectivity index (χ4v) is 7.38. The zero-order valence-electron chi connectivity index (χ0n) is 34.0. The third kappa shape index (κ3) is 22.5. The number of hydrogen-bond donors (Lipinski definition) is 3. The van der Waals surface area contributed by atoms with Gasteiger partial charge in [0.15, 0.2) is 0 Å². The molecule has 0 heterocycles. The van der Waals surface area contributed by atoms with Crippen LogP contribution in [-0.2, 0) is 9.59 Å². The number of quaternary nitrogens is 1. The molecule has 50 heavy (non-hydrogen) atoms. The van der Waals surface area contributed by atoms with Crippen LogP contribution < -0.4 is 12.4 Å². The predicted octanol–water partition coefficient (Wildman–Crippen LogP) is 9.68. The molecule has 0 aliphatic carbocycles. The van der Waals surface area contributed by atoms with E-state index < -0.39 is 27.7 Å². The molecule has 2 atom stereocenters. The van der Waals surface area contributed by atoms with Crippen LogP contribution in [0.2, 0.25) is 0 Å². The Balaban J connectivity index is 0. The summed E-state index contributed by atoms with van der Waals surface area (Å²) in [6.07, 6.45) is 37.5. The van der Waals surface area contributed by atoms with Gasteiger partial charge < -0.3 is 22.6 Å². The molecule has 0 aromatic carbocycles. The lowest BCUT2D eigenvalue weighted by atomic mass is 9.94. The molecule has 0 fully saturated rings. The molecule has 300 valence electrons. The molecule has 0 spiro atoms. The average Bonchev–Trinajstić information content (AvgIpc) is 3.07. The highest BCUT2D eigenvalue weighted by Gasteiger charge is 2.64. The van der Waals surface area contributed by atoms with Gasteiger partial charge in [-0.25, -0.2) is 5.21 Å². The standard InChI is InChI=1S/C43H86NO5.ClH/c1-6-9-11-13-15-17-19-21-23-25-27-29-31-33-35-37-40(45)42(4,47)44(49,39-8-3)43(5,48)41(46)38-36-34-32-30-28-26-24-22-20-18-16-14-12-10-7-2;/h47-49H,6-39H2,1-5H3;1H/q+1;/p-1. The van der Waals surface area contributed by atoms with E-state index in [1.807, 2.05) is 6.92 Å². The maximum Gasteiger partial charge on any atom is 0.290 e. The zero-order valence-corrected chi connectivity index (χ0v) is 34.8. The van der Waals surface area contributed by atoms with E-state index in [-0.39, 0.29) is 31.8 Å². The first kappa shape index (κ1) is 51.6. The number of carbonyl (C=O) groups excluding carboxylic acids is 2. The number of aliphatic hydroxyl groups is 2. The average molecular weight is 733 g/mol. The summed E-state index contributed by atoms with van der Waals surface area (Å²) in [5.74, 6) is -1.03. The molecule has 0 bridgehead atoms. The first-order valence-corrected chi connectivity index (χ1v) is 21.6. The minimum absolute atomic E-state index is 0. The summed E-state index contributed by atoms with van der Waals surface area (Å²) in [6.45, 7) is 8.79. The second-order valence-corrected chi connectivity index (χ2v) is 15.8. The van der Waals surface area contributed by atoms with E-state index in [0.29, 0.717) is 19.3 Å². The van der Waals surface area contributed by atoms with Crippen LogP contribution in [0.4, 0.5) is 0 Å². The highest BCUT2D eigenvalue weighted by molar-refractivity contribution is 5.87. The Morgan fingerprint density at radius 3 is 0.800 bits per heavy atom. The van der Waals surface area contributed by atoms with Crippen LogP contribution in [0.1, 0.15) is 247 Å². The van der Waals surface area contributed by atoms with Gasteiger partial charge >= 0.3 is 0 Å². The van der Waals surface area contributed by atoms with Crippen LogP contribution in [0.3, 0.4) is 0 Å². The molecule has 0 aromatic rings. The van der Waals surface area contributed by atoms with Gasteiger partial charge in [0.25, 0.3) is 11.4 Å². The lowest BCUT2D eigenvalue weighted by Crippen LogP contribution is -3.00. The molecule has 0 aromatic heterocycles. The molecule has 0 aliphatic rings. The van der Waals surface area contributed by atoms with Gasteiger partial charge in [-0.1, -0.05) is 201 Å². The van der Waals surface area contributed by atoms with E-state index in [0.717, 1.165) is 38.5 Å². The summed E-state index contributed by atoms with van der Waals surface area (Å²) in [7, 11) is 0. The number of Topliss-reactive ketones (excluding diaryl/α,β-unsaturated/α-hetero) is 2. The second kappa shape index (κ2) is 33.1. The third-order valence-corrected chi connectivity index (χ3v) is 11.1. The van der Waals surface area contributed by atoms with Gasteiger partial charge in [-0.3, -0.25) is 9.59 Å². The largest absolute Gasteiger partial charge is 1.00 e. The Labute approximate surface area is 317 Å². The third-order valence-electron chi connectivity index (χ3n) is 11.1. The van der Waals surface area contributed by atoms with E-state index in [9.17, 15) is 25.0 Å². The van der Waals surface area contributed by atoms with Gasteiger partial charge in [0.1, 0.15) is 6.54 Å². The molecule has 0 saturated carbocycles. The van der Waals surface area contributed by atoms with Crippen LogP contribution >= 0.6 is 0 Å². The van der Waals surface area contributed by atoms with Crippen molar-refractivity contribution in [1.82, 2.24) is 0 Å². The summed E-state index contributed by atoms with van der Waals surface area (Å²) in [6, 6.07) is 0. The molecular weight excluding hydrogens is 646 g/mol. The summed E-state index contributed by atoms with van der Waals surface area (Å²) < 4.78 is -1.37. The first-order chi connectivity index (χ1) is 23.5. The normalized spacial score (nSPS) is 15.2. The van der Waals surface area contributed by atoms with Gasteiger partial charge in [0.2, 0.25) is 11.6 Å². The van der Waals surface area contributed by atoms with Crippen molar-refractivity contribution in [3.63, 3.8) is 0 Å². The topological polar surface area (TPSA) is 94.8 Å². The molecule has 2 unspecified atom stereocenters. The van der Waals surface area contributed by atoms with E-state index in [1.54, 1.807) is 0 Å². The lowest BCUT2D eigenvalue weighted by Gasteiger charge is -2.47. The molecule has 7 heteroatoms. The Bertz CT molecular complexity index is 729. The fourth-order valence-electron chi connectivity index (χ4n) is 7.38. The smallest absolute Gasteiger partial charge is 0.290 e. The monoisotopic (exact) mass is 732 g/mol. The summed E-state index contributed by atoms with van der Waals surface area (Å²) in [4.78, 5) is 26.5. The minimum atomic E-state index is -2.26. The zero-order chi connectivity index (χ0) is 36.7. The molecular formula is C43H86ClNO5. The van der Waals surface area contributed by atoms with Crippen LogP contribution in [0, 0.1) is 0 Å². The predicted molar refractivity (Wildman–Crippen MR) is 208 cm³/mol. The molecule has 3 N–H and O–H groups in total. The molecule has 0 amide bonds. The highest BCUT2D eigenvalue weighted by Crippen LogP contribution is 2.35. The van der Waals surface area contributed by atoms with E-state index in [2.05, 4.69) is 13.8 Å². The number of hydroxylamine groups is 3. The Kier molecular flexibility index (Phi) is 34.1. The van der Waals surface area contributed by atoms with Crippen molar-refractivity contribution in [2.45, 2.75) is 258 Å². The number of carbonyl (C=O) groups is 2. The SMILES string of the molecule is CCCCCCCCCCCCCCCCCC(=O)C(C)(O)[N+](O)(CCC)C(C)(O)C(=O)CCCCCCCCCCCCCCCCC.[Cl-]. The summed E-state index contributed by atoms with van der Waals surface area (Å²) >= 11 is 0. The molecule has 6 nitrogen and oxygen atoms in total. The van der Waals surface area contributed by atoms with Crippen LogP contribution in [-0.4, -0.2) is 49.6 Å². The van der Waals surface area contributed by atoms with Crippen LogP contribution in [0.25, 0.3) is 0 Å². The fraction of sp³-hybridized carbons (Fsp3) is 0.953. The number of rotatable bonds is 38. The first-order valence-electron chi connectivity index (χ1n) is 21.6. The summed E-state index contributed by atoms with van der Waals surface area (Å²) in [5.41, 5.74) is -4.53. The van der Waals surface area contributed by atoms with Crippen molar-refractivity contribution >= 4 is 11.6 Å². The number of hydrogen-bond acceptors (Lipinski definition) is 5. The van der Waals surface area contributed by atoms with E-state index >= 15 is 0 Å². The number of unbranched alkanes of at least 4 members (excludes halogenated alkanes) is 28. The van der Waals surface area contributed by atoms with Crippen molar-refractivity contribution in [2.75, 3.05) is 6.54 Å². The number of nitrogens with zero attached hydrogens (tertiary/aromatic N) is 1. The molecule has 0 aliphatic heterocycles. The lowest BCUT2D eigenvalue weighted by molar-refractivity contribution is -1.18. The molecule has 0 radical (unpaired) electrons. The number of ketones is 2. The second-order valence-electron chi connectivity index (χ2n) is 15.8. The van der Waals surface area contributed by atoms with Crippen molar-refractivity contribution in [3.8, 4) is 0 Å². The van der Waals surface area contributed by atoms with E-state index in [1.165, 1.54) is 155 Å².